The Labute approximate surface area is 92.4 Å². The van der Waals surface area contributed by atoms with Gasteiger partial charge in [-0.3, -0.25) is 4.98 Å². The van der Waals surface area contributed by atoms with E-state index in [0.29, 0.717) is 5.39 Å². The maximum absolute atomic E-state index is 12.9. The van der Waals surface area contributed by atoms with Gasteiger partial charge < -0.3 is 0 Å². The summed E-state index contributed by atoms with van der Waals surface area (Å²) in [6.07, 6.45) is 0.296. The summed E-state index contributed by atoms with van der Waals surface area (Å²) in [5.74, 6) is 0. The van der Waals surface area contributed by atoms with Gasteiger partial charge in [0.05, 0.1) is 0 Å². The molecule has 0 spiro atoms. The molecule has 0 bridgehead atoms. The molecule has 0 fully saturated rings. The summed E-state index contributed by atoms with van der Waals surface area (Å²) in [6, 6.07) is 5.40. The third-order valence-electron chi connectivity index (χ3n) is 2.51. The molecule has 1 aromatic carbocycles. The maximum Gasteiger partial charge on any atom is 0.265 e. The van der Waals surface area contributed by atoms with E-state index in [4.69, 9.17) is 0 Å². The van der Waals surface area contributed by atoms with E-state index in [9.17, 15) is 8.78 Å². The third kappa shape index (κ3) is 1.69. The van der Waals surface area contributed by atoms with Crippen molar-refractivity contribution in [1.29, 1.82) is 0 Å². The second kappa shape index (κ2) is 4.00. The number of pyridine rings is 1. The number of benzene rings is 1. The molecule has 1 heterocycles. The van der Waals surface area contributed by atoms with Crippen molar-refractivity contribution in [3.63, 3.8) is 0 Å². The van der Waals surface area contributed by atoms with Gasteiger partial charge in [0.2, 0.25) is 0 Å². The van der Waals surface area contributed by atoms with Gasteiger partial charge in [-0.05, 0) is 12.5 Å². The van der Waals surface area contributed by atoms with Gasteiger partial charge in [0.1, 0.15) is 0 Å². The van der Waals surface area contributed by atoms with E-state index in [2.05, 4.69) is 11.6 Å². The minimum Gasteiger partial charge on any atom is -0.264 e. The lowest BCUT2D eigenvalue weighted by atomic mass is 9.98. The molecule has 0 saturated heterocycles. The number of allylic oxidation sites excluding steroid dienone is 1. The van der Waals surface area contributed by atoms with Crippen LogP contribution >= 0.6 is 0 Å². The van der Waals surface area contributed by atoms with Gasteiger partial charge in [-0.15, -0.1) is 0 Å². The van der Waals surface area contributed by atoms with Gasteiger partial charge >= 0.3 is 0 Å². The molecule has 0 radical (unpaired) electrons. The Morgan fingerprint density at radius 2 is 2.06 bits per heavy atom. The number of halogens is 2. The Morgan fingerprint density at radius 3 is 2.69 bits per heavy atom. The van der Waals surface area contributed by atoms with E-state index >= 15 is 0 Å². The highest BCUT2D eigenvalue weighted by atomic mass is 19.3. The van der Waals surface area contributed by atoms with Gasteiger partial charge in [-0.25, -0.2) is 8.78 Å². The molecule has 16 heavy (non-hydrogen) atoms. The summed E-state index contributed by atoms with van der Waals surface area (Å²) in [7, 11) is 0. The molecule has 0 aliphatic carbocycles. The monoisotopic (exact) mass is 219 g/mol. The van der Waals surface area contributed by atoms with Crippen LogP contribution in [0, 0.1) is 0 Å². The van der Waals surface area contributed by atoms with Crippen LogP contribution in [0.25, 0.3) is 16.3 Å². The molecule has 3 heteroatoms. The van der Waals surface area contributed by atoms with Crippen molar-refractivity contribution in [1.82, 2.24) is 4.98 Å². The molecule has 0 unspecified atom stereocenters. The van der Waals surface area contributed by atoms with Gasteiger partial charge in [-0.2, -0.15) is 0 Å². The predicted molar refractivity (Wildman–Crippen MR) is 61.4 cm³/mol. The van der Waals surface area contributed by atoms with Crippen molar-refractivity contribution in [2.45, 2.75) is 13.3 Å². The number of hydrogen-bond donors (Lipinski definition) is 0. The maximum atomic E-state index is 12.9. The van der Waals surface area contributed by atoms with Crippen LogP contribution in [0.2, 0.25) is 0 Å². The van der Waals surface area contributed by atoms with Crippen LogP contribution in [0.3, 0.4) is 0 Å². The smallest absolute Gasteiger partial charge is 0.264 e. The van der Waals surface area contributed by atoms with Crippen LogP contribution in [0.5, 0.6) is 0 Å². The Hall–Kier alpha value is -1.77. The molecule has 1 aromatic heterocycles. The summed E-state index contributed by atoms with van der Waals surface area (Å²) in [5, 5.41) is 1.28. The van der Waals surface area contributed by atoms with E-state index in [1.807, 2.05) is 13.0 Å². The second-order valence-corrected chi connectivity index (χ2v) is 3.71. The van der Waals surface area contributed by atoms with E-state index in [1.54, 1.807) is 18.3 Å². The standard InChI is InChI=1S/C13H11F2N/c1-8(2)10-5-3-4-9-6-16-7-11(12(9)10)13(14)15/h3-7,13H,1H2,2H3. The van der Waals surface area contributed by atoms with Crippen molar-refractivity contribution in [2.75, 3.05) is 0 Å². The molecule has 82 valence electrons. The lowest BCUT2D eigenvalue weighted by Gasteiger charge is -2.10. The highest BCUT2D eigenvalue weighted by molar-refractivity contribution is 5.95. The molecule has 0 saturated carbocycles. The topological polar surface area (TPSA) is 12.9 Å². The van der Waals surface area contributed by atoms with Crippen LogP contribution < -0.4 is 0 Å². The average molecular weight is 219 g/mol. The van der Waals surface area contributed by atoms with E-state index in [-0.39, 0.29) is 5.56 Å². The Bertz CT molecular complexity index is 541. The van der Waals surface area contributed by atoms with E-state index in [1.165, 1.54) is 6.20 Å². The molecule has 2 rings (SSSR count). The fourth-order valence-electron chi connectivity index (χ4n) is 1.78. The van der Waals surface area contributed by atoms with E-state index in [0.717, 1.165) is 16.5 Å². The third-order valence-corrected chi connectivity index (χ3v) is 2.51. The van der Waals surface area contributed by atoms with Crippen LogP contribution in [-0.2, 0) is 0 Å². The zero-order chi connectivity index (χ0) is 11.7. The largest absolute Gasteiger partial charge is 0.265 e. The number of aromatic nitrogens is 1. The SMILES string of the molecule is C=C(C)c1cccc2cncc(C(F)F)c12. The first kappa shape index (κ1) is 10.7. The molecule has 0 atom stereocenters. The van der Waals surface area contributed by atoms with Gasteiger partial charge in [0.25, 0.3) is 6.43 Å². The van der Waals surface area contributed by atoms with E-state index < -0.39 is 6.43 Å². The summed E-state index contributed by atoms with van der Waals surface area (Å²) in [4.78, 5) is 3.82. The average Bonchev–Trinajstić information content (AvgIpc) is 2.27. The molecule has 2 aromatic rings. The van der Waals surface area contributed by atoms with Crippen molar-refractivity contribution >= 4 is 16.3 Å². The summed E-state index contributed by atoms with van der Waals surface area (Å²) in [6.45, 7) is 5.62. The fraction of sp³-hybridized carbons (Fsp3) is 0.154. The highest BCUT2D eigenvalue weighted by Crippen LogP contribution is 2.31. The minimum absolute atomic E-state index is 0.0314. The Morgan fingerprint density at radius 1 is 1.31 bits per heavy atom. The molecular weight excluding hydrogens is 208 g/mol. The Balaban J connectivity index is 2.87. The first-order valence-electron chi connectivity index (χ1n) is 4.92. The molecule has 0 amide bonds. The Kier molecular flexibility index (Phi) is 2.69. The van der Waals surface area contributed by atoms with Crippen LogP contribution in [-0.4, -0.2) is 4.98 Å². The molecular formula is C13H11F2N. The summed E-state index contributed by atoms with van der Waals surface area (Å²) in [5.41, 5.74) is 1.50. The quantitative estimate of drug-likeness (QED) is 0.737. The van der Waals surface area contributed by atoms with Gasteiger partial charge in [0.15, 0.2) is 0 Å². The lowest BCUT2D eigenvalue weighted by molar-refractivity contribution is 0.152. The number of alkyl halides is 2. The normalized spacial score (nSPS) is 11.0. The molecule has 0 aliphatic rings. The zero-order valence-electron chi connectivity index (χ0n) is 8.87. The summed E-state index contributed by atoms with van der Waals surface area (Å²) < 4.78 is 25.7. The number of nitrogens with zero attached hydrogens (tertiary/aromatic N) is 1. The first-order chi connectivity index (χ1) is 7.61. The number of fused-ring (bicyclic) bond motifs is 1. The zero-order valence-corrected chi connectivity index (χ0v) is 8.87. The van der Waals surface area contributed by atoms with Crippen molar-refractivity contribution in [3.8, 4) is 0 Å². The molecule has 0 aliphatic heterocycles. The van der Waals surface area contributed by atoms with Crippen molar-refractivity contribution < 1.29 is 8.78 Å². The lowest BCUT2D eigenvalue weighted by Crippen LogP contribution is -1.92. The van der Waals surface area contributed by atoms with Gasteiger partial charge in [-0.1, -0.05) is 30.4 Å². The number of rotatable bonds is 2. The molecule has 1 nitrogen and oxygen atoms in total. The molecule has 0 N–H and O–H groups in total. The predicted octanol–water partition coefficient (Wildman–Crippen LogP) is 4.21. The van der Waals surface area contributed by atoms with Crippen LogP contribution in [0.1, 0.15) is 24.5 Å². The number of hydrogen-bond acceptors (Lipinski definition) is 1. The first-order valence-corrected chi connectivity index (χ1v) is 4.92. The van der Waals surface area contributed by atoms with Crippen LogP contribution in [0.15, 0.2) is 37.2 Å². The highest BCUT2D eigenvalue weighted by Gasteiger charge is 2.14. The van der Waals surface area contributed by atoms with Crippen molar-refractivity contribution in [3.05, 3.63) is 48.3 Å². The fourth-order valence-corrected chi connectivity index (χ4v) is 1.78. The minimum atomic E-state index is -2.52. The second-order valence-electron chi connectivity index (χ2n) is 3.71. The van der Waals surface area contributed by atoms with Crippen LogP contribution in [0.4, 0.5) is 8.78 Å². The van der Waals surface area contributed by atoms with Crippen molar-refractivity contribution in [2.24, 2.45) is 0 Å². The summed E-state index contributed by atoms with van der Waals surface area (Å²) >= 11 is 0. The van der Waals surface area contributed by atoms with Gasteiger partial charge in [0, 0.05) is 28.7 Å².